The van der Waals surface area contributed by atoms with Crippen molar-refractivity contribution in [3.8, 4) is 0 Å². The zero-order chi connectivity index (χ0) is 17.0. The molecular weight excluding hydrogens is 299 g/mol. The maximum absolute atomic E-state index is 13.7. The van der Waals surface area contributed by atoms with Crippen molar-refractivity contribution < 1.29 is 19.0 Å². The van der Waals surface area contributed by atoms with Crippen LogP contribution in [-0.2, 0) is 4.74 Å². The zero-order valence-electron chi connectivity index (χ0n) is 13.9. The number of amides is 1. The fraction of sp³-hybridized carbons (Fsp3) is 0.588. The van der Waals surface area contributed by atoms with E-state index in [0.717, 1.165) is 13.0 Å². The molecule has 0 bridgehead atoms. The molecule has 1 aliphatic heterocycles. The molecule has 1 amide bonds. The van der Waals surface area contributed by atoms with E-state index in [1.54, 1.807) is 18.2 Å². The first kappa shape index (κ1) is 17.7. The Labute approximate surface area is 136 Å². The summed E-state index contributed by atoms with van der Waals surface area (Å²) in [5.41, 5.74) is -0.223. The van der Waals surface area contributed by atoms with Gasteiger partial charge < -0.3 is 15.2 Å². The zero-order valence-corrected chi connectivity index (χ0v) is 13.9. The quantitative estimate of drug-likeness (QED) is 0.893. The van der Waals surface area contributed by atoms with Crippen molar-refractivity contribution >= 4 is 6.09 Å². The summed E-state index contributed by atoms with van der Waals surface area (Å²) in [5.74, 6) is -0.400. The van der Waals surface area contributed by atoms with Crippen molar-refractivity contribution in [1.82, 2.24) is 10.2 Å². The monoisotopic (exact) mass is 324 g/mol. The first-order valence-electron chi connectivity index (χ1n) is 7.89. The minimum Gasteiger partial charge on any atom is -0.444 e. The number of aliphatic hydroxyl groups is 1. The van der Waals surface area contributed by atoms with Gasteiger partial charge in [-0.2, -0.15) is 0 Å². The van der Waals surface area contributed by atoms with Crippen LogP contribution in [0.2, 0.25) is 0 Å². The van der Waals surface area contributed by atoms with Gasteiger partial charge in [0.1, 0.15) is 11.4 Å². The van der Waals surface area contributed by atoms with Gasteiger partial charge in [0.25, 0.3) is 0 Å². The lowest BCUT2D eigenvalue weighted by Crippen LogP contribution is -2.40. The molecule has 128 valence electrons. The lowest BCUT2D eigenvalue weighted by atomic mass is 10.1. The number of hydrogen-bond acceptors (Lipinski definition) is 4. The summed E-state index contributed by atoms with van der Waals surface area (Å²) in [6.07, 6.45) is -0.529. The van der Waals surface area contributed by atoms with Gasteiger partial charge in [-0.1, -0.05) is 18.2 Å². The highest BCUT2D eigenvalue weighted by Crippen LogP contribution is 2.20. The Morgan fingerprint density at radius 3 is 2.83 bits per heavy atom. The van der Waals surface area contributed by atoms with Crippen molar-refractivity contribution in [2.45, 2.75) is 44.9 Å². The first-order valence-corrected chi connectivity index (χ1v) is 7.89. The molecule has 1 aliphatic rings. The van der Waals surface area contributed by atoms with Crippen molar-refractivity contribution in [3.63, 3.8) is 0 Å². The van der Waals surface area contributed by atoms with E-state index in [0.29, 0.717) is 18.7 Å². The second kappa shape index (κ2) is 7.27. The Morgan fingerprint density at radius 1 is 1.48 bits per heavy atom. The third-order valence-electron chi connectivity index (χ3n) is 3.69. The molecule has 0 saturated carbocycles. The maximum atomic E-state index is 13.7. The number of hydrogen-bond donors (Lipinski definition) is 2. The summed E-state index contributed by atoms with van der Waals surface area (Å²) >= 11 is 0. The number of alkyl carbamates (subject to hydrolysis) is 1. The molecule has 0 radical (unpaired) electrons. The van der Waals surface area contributed by atoms with Crippen LogP contribution in [0.25, 0.3) is 0 Å². The third-order valence-corrected chi connectivity index (χ3v) is 3.69. The average Bonchev–Trinajstić information content (AvgIpc) is 2.83. The number of nitrogens with one attached hydrogen (secondary N) is 1. The Morgan fingerprint density at radius 2 is 2.17 bits per heavy atom. The molecule has 6 heteroatoms. The SMILES string of the molecule is CC(C)(C)OC(=O)NC1CCN(CC(O)c2ccccc2F)C1. The van der Waals surface area contributed by atoms with Gasteiger partial charge >= 0.3 is 6.09 Å². The second-order valence-corrected chi connectivity index (χ2v) is 6.93. The minimum atomic E-state index is -0.878. The molecule has 1 aromatic carbocycles. The van der Waals surface area contributed by atoms with Crippen LogP contribution in [0.3, 0.4) is 0 Å². The number of rotatable bonds is 4. The molecule has 2 unspecified atom stereocenters. The Balaban J connectivity index is 1.81. The molecule has 1 saturated heterocycles. The molecular formula is C17H25FN2O3. The van der Waals surface area contributed by atoms with Gasteiger partial charge in [-0.05, 0) is 33.3 Å². The Hall–Kier alpha value is -1.66. The summed E-state index contributed by atoms with van der Waals surface area (Å²) < 4.78 is 18.9. The van der Waals surface area contributed by atoms with E-state index in [1.165, 1.54) is 6.07 Å². The molecule has 2 N–H and O–H groups in total. The Kier molecular flexibility index (Phi) is 5.59. The molecule has 1 heterocycles. The smallest absolute Gasteiger partial charge is 0.407 e. The summed E-state index contributed by atoms with van der Waals surface area (Å²) in [7, 11) is 0. The third kappa shape index (κ3) is 5.48. The van der Waals surface area contributed by atoms with E-state index in [-0.39, 0.29) is 6.04 Å². The summed E-state index contributed by atoms with van der Waals surface area (Å²) in [6.45, 7) is 7.15. The number of carbonyl (C=O) groups excluding carboxylic acids is 1. The largest absolute Gasteiger partial charge is 0.444 e. The van der Waals surface area contributed by atoms with Gasteiger partial charge in [0.15, 0.2) is 0 Å². The standard InChI is InChI=1S/C17H25FN2O3/c1-17(2,3)23-16(22)19-12-8-9-20(10-12)11-15(21)13-6-4-5-7-14(13)18/h4-7,12,15,21H,8-11H2,1-3H3,(H,19,22). The highest BCUT2D eigenvalue weighted by molar-refractivity contribution is 5.68. The summed E-state index contributed by atoms with van der Waals surface area (Å²) in [4.78, 5) is 13.8. The van der Waals surface area contributed by atoms with Crippen molar-refractivity contribution in [1.29, 1.82) is 0 Å². The van der Waals surface area contributed by atoms with E-state index >= 15 is 0 Å². The van der Waals surface area contributed by atoms with Gasteiger partial charge in [0.05, 0.1) is 6.10 Å². The number of aliphatic hydroxyl groups excluding tert-OH is 1. The van der Waals surface area contributed by atoms with E-state index in [2.05, 4.69) is 5.32 Å². The number of β-amino-alcohol motifs (C(OH)–C–C–N with tert-alkyl or cyclic N) is 1. The van der Waals surface area contributed by atoms with Gasteiger partial charge in [-0.25, -0.2) is 9.18 Å². The van der Waals surface area contributed by atoms with Crippen LogP contribution >= 0.6 is 0 Å². The van der Waals surface area contributed by atoms with Crippen LogP contribution < -0.4 is 5.32 Å². The maximum Gasteiger partial charge on any atom is 0.407 e. The van der Waals surface area contributed by atoms with E-state index < -0.39 is 23.6 Å². The molecule has 1 fully saturated rings. The minimum absolute atomic E-state index is 0.0160. The number of benzene rings is 1. The lowest BCUT2D eigenvalue weighted by molar-refractivity contribution is 0.0504. The number of carbonyl (C=O) groups is 1. The lowest BCUT2D eigenvalue weighted by Gasteiger charge is -2.23. The van der Waals surface area contributed by atoms with Gasteiger partial charge in [0.2, 0.25) is 0 Å². The van der Waals surface area contributed by atoms with Crippen molar-refractivity contribution in [3.05, 3.63) is 35.6 Å². The van der Waals surface area contributed by atoms with Crippen LogP contribution in [0.4, 0.5) is 9.18 Å². The molecule has 0 spiro atoms. The Bertz CT molecular complexity index is 545. The van der Waals surface area contributed by atoms with Gasteiger partial charge in [-0.15, -0.1) is 0 Å². The molecule has 0 aliphatic carbocycles. The van der Waals surface area contributed by atoms with E-state index in [9.17, 15) is 14.3 Å². The topological polar surface area (TPSA) is 61.8 Å². The summed E-state index contributed by atoms with van der Waals surface area (Å²) in [6, 6.07) is 6.22. The van der Waals surface area contributed by atoms with Crippen LogP contribution in [0.1, 0.15) is 38.9 Å². The molecule has 5 nitrogen and oxygen atoms in total. The highest BCUT2D eigenvalue weighted by Gasteiger charge is 2.27. The van der Waals surface area contributed by atoms with Crippen LogP contribution in [0.15, 0.2) is 24.3 Å². The fourth-order valence-electron chi connectivity index (χ4n) is 2.68. The second-order valence-electron chi connectivity index (χ2n) is 6.93. The highest BCUT2D eigenvalue weighted by atomic mass is 19.1. The van der Waals surface area contributed by atoms with Gasteiger partial charge in [-0.3, -0.25) is 4.90 Å². The number of nitrogens with zero attached hydrogens (tertiary/aromatic N) is 1. The predicted molar refractivity (Wildman–Crippen MR) is 85.6 cm³/mol. The average molecular weight is 324 g/mol. The fourth-order valence-corrected chi connectivity index (χ4v) is 2.68. The van der Waals surface area contributed by atoms with Crippen LogP contribution in [-0.4, -0.2) is 47.4 Å². The summed E-state index contributed by atoms with van der Waals surface area (Å²) in [5, 5.41) is 13.0. The molecule has 2 rings (SSSR count). The molecule has 0 aromatic heterocycles. The van der Waals surface area contributed by atoms with E-state index in [1.807, 2.05) is 25.7 Å². The van der Waals surface area contributed by atoms with E-state index in [4.69, 9.17) is 4.74 Å². The number of halogens is 1. The van der Waals surface area contributed by atoms with Crippen molar-refractivity contribution in [2.24, 2.45) is 0 Å². The molecule has 23 heavy (non-hydrogen) atoms. The van der Waals surface area contributed by atoms with Crippen LogP contribution in [0.5, 0.6) is 0 Å². The number of ether oxygens (including phenoxy) is 1. The van der Waals surface area contributed by atoms with Gasteiger partial charge in [0, 0.05) is 31.2 Å². The molecule has 1 aromatic rings. The van der Waals surface area contributed by atoms with Crippen molar-refractivity contribution in [2.75, 3.05) is 19.6 Å². The van der Waals surface area contributed by atoms with Crippen LogP contribution in [0, 0.1) is 5.82 Å². The normalized spacial score (nSPS) is 20.3. The molecule has 2 atom stereocenters. The number of likely N-dealkylation sites (tertiary alicyclic amines) is 1. The first-order chi connectivity index (χ1) is 10.7. The predicted octanol–water partition coefficient (Wildman–Crippen LogP) is 2.46.